The molecular weight excluding hydrogens is 242 g/mol. The average molecular weight is 265 g/mol. The van der Waals surface area contributed by atoms with Crippen molar-refractivity contribution in [3.05, 3.63) is 17.5 Å². The number of amides is 1. The van der Waals surface area contributed by atoms with Crippen LogP contribution in [0.5, 0.6) is 0 Å². The molecule has 2 unspecified atom stereocenters. The Morgan fingerprint density at radius 2 is 2.37 bits per heavy atom. The highest BCUT2D eigenvalue weighted by molar-refractivity contribution is 5.92. The maximum atomic E-state index is 12.1. The van der Waals surface area contributed by atoms with Crippen LogP contribution in [0.15, 0.2) is 6.07 Å². The van der Waals surface area contributed by atoms with Gasteiger partial charge in [-0.05, 0) is 37.7 Å². The van der Waals surface area contributed by atoms with Crippen LogP contribution in [-0.4, -0.2) is 33.4 Å². The van der Waals surface area contributed by atoms with Gasteiger partial charge in [0.05, 0.1) is 11.8 Å². The Kier molecular flexibility index (Phi) is 4.58. The van der Waals surface area contributed by atoms with E-state index in [4.69, 9.17) is 0 Å². The van der Waals surface area contributed by atoms with E-state index in [2.05, 4.69) is 10.4 Å². The van der Waals surface area contributed by atoms with Gasteiger partial charge in [0, 0.05) is 13.6 Å². The van der Waals surface area contributed by atoms with Gasteiger partial charge in [0.1, 0.15) is 5.69 Å². The van der Waals surface area contributed by atoms with E-state index < -0.39 is 0 Å². The lowest BCUT2D eigenvalue weighted by atomic mass is 9.87. The second-order valence-electron chi connectivity index (χ2n) is 5.39. The minimum absolute atomic E-state index is 0.0743. The Morgan fingerprint density at radius 3 is 3.00 bits per heavy atom. The highest BCUT2D eigenvalue weighted by Crippen LogP contribution is 2.23. The van der Waals surface area contributed by atoms with Gasteiger partial charge in [-0.2, -0.15) is 5.10 Å². The van der Waals surface area contributed by atoms with Crippen LogP contribution >= 0.6 is 0 Å². The summed E-state index contributed by atoms with van der Waals surface area (Å²) in [5.74, 6) is 0.321. The lowest BCUT2D eigenvalue weighted by Gasteiger charge is -2.25. The lowest BCUT2D eigenvalue weighted by molar-refractivity contribution is 0.0867. The van der Waals surface area contributed by atoms with Crippen LogP contribution in [0.1, 0.15) is 48.8 Å². The molecule has 1 fully saturated rings. The molecule has 2 rings (SSSR count). The third-order valence-corrected chi connectivity index (χ3v) is 3.83. The Hall–Kier alpha value is -1.36. The van der Waals surface area contributed by atoms with Gasteiger partial charge in [-0.1, -0.05) is 13.3 Å². The van der Waals surface area contributed by atoms with Crippen LogP contribution in [0, 0.1) is 5.92 Å². The molecule has 0 saturated heterocycles. The monoisotopic (exact) mass is 265 g/mol. The third-order valence-electron chi connectivity index (χ3n) is 3.83. The number of aliphatic hydroxyl groups is 1. The van der Waals surface area contributed by atoms with E-state index in [1.54, 1.807) is 11.7 Å². The van der Waals surface area contributed by atoms with Crippen molar-refractivity contribution < 1.29 is 9.90 Å². The molecule has 2 N–H and O–H groups in total. The SMILES string of the molecule is CCc1cc(C(=O)NCC2CCCC(O)C2)n(C)n1. The van der Waals surface area contributed by atoms with E-state index in [1.807, 2.05) is 13.0 Å². The average Bonchev–Trinajstić information content (AvgIpc) is 2.77. The summed E-state index contributed by atoms with van der Waals surface area (Å²) in [7, 11) is 1.79. The highest BCUT2D eigenvalue weighted by atomic mass is 16.3. The first-order chi connectivity index (χ1) is 9.10. The molecule has 5 nitrogen and oxygen atoms in total. The van der Waals surface area contributed by atoms with E-state index in [0.717, 1.165) is 37.8 Å². The summed E-state index contributed by atoms with van der Waals surface area (Å²) in [5, 5.41) is 16.8. The first-order valence-electron chi connectivity index (χ1n) is 7.09. The molecular formula is C14H23N3O2. The number of carbonyl (C=O) groups excluding carboxylic acids is 1. The molecule has 0 aromatic carbocycles. The van der Waals surface area contributed by atoms with Crippen molar-refractivity contribution in [2.45, 2.75) is 45.1 Å². The number of aliphatic hydroxyl groups excluding tert-OH is 1. The molecule has 1 aromatic rings. The number of hydrogen-bond acceptors (Lipinski definition) is 3. The fourth-order valence-electron chi connectivity index (χ4n) is 2.69. The molecule has 19 heavy (non-hydrogen) atoms. The molecule has 5 heteroatoms. The molecule has 0 aliphatic heterocycles. The van der Waals surface area contributed by atoms with E-state index in [1.165, 1.54) is 0 Å². The molecule has 1 aromatic heterocycles. The summed E-state index contributed by atoms with van der Waals surface area (Å²) < 4.78 is 1.63. The minimum Gasteiger partial charge on any atom is -0.393 e. The number of aryl methyl sites for hydroxylation is 2. The molecule has 2 atom stereocenters. The minimum atomic E-state index is -0.195. The third kappa shape index (κ3) is 3.56. The van der Waals surface area contributed by atoms with Gasteiger partial charge in [-0.15, -0.1) is 0 Å². The largest absolute Gasteiger partial charge is 0.393 e. The smallest absolute Gasteiger partial charge is 0.269 e. The van der Waals surface area contributed by atoms with Gasteiger partial charge < -0.3 is 10.4 Å². The van der Waals surface area contributed by atoms with Crippen LogP contribution in [0.3, 0.4) is 0 Å². The molecule has 1 saturated carbocycles. The number of hydrogen-bond donors (Lipinski definition) is 2. The number of nitrogens with zero attached hydrogens (tertiary/aromatic N) is 2. The van der Waals surface area contributed by atoms with E-state index in [-0.39, 0.29) is 12.0 Å². The molecule has 1 amide bonds. The zero-order chi connectivity index (χ0) is 13.8. The molecule has 0 bridgehead atoms. The number of rotatable bonds is 4. The Morgan fingerprint density at radius 1 is 1.58 bits per heavy atom. The summed E-state index contributed by atoms with van der Waals surface area (Å²) in [5.41, 5.74) is 1.54. The summed E-state index contributed by atoms with van der Waals surface area (Å²) in [4.78, 5) is 12.1. The normalized spacial score (nSPS) is 23.3. The second-order valence-corrected chi connectivity index (χ2v) is 5.39. The summed E-state index contributed by atoms with van der Waals surface area (Å²) in [6.07, 6.45) is 4.46. The van der Waals surface area contributed by atoms with Crippen LogP contribution in [0.4, 0.5) is 0 Å². The summed E-state index contributed by atoms with van der Waals surface area (Å²) in [6.45, 7) is 2.66. The quantitative estimate of drug-likeness (QED) is 0.861. The van der Waals surface area contributed by atoms with Crippen LogP contribution in [-0.2, 0) is 13.5 Å². The molecule has 1 aliphatic rings. The molecule has 0 spiro atoms. The number of nitrogens with one attached hydrogen (secondary N) is 1. The lowest BCUT2D eigenvalue weighted by Crippen LogP contribution is -2.33. The van der Waals surface area contributed by atoms with Crippen molar-refractivity contribution in [1.82, 2.24) is 15.1 Å². The van der Waals surface area contributed by atoms with Crippen molar-refractivity contribution >= 4 is 5.91 Å². The topological polar surface area (TPSA) is 67.2 Å². The predicted octanol–water partition coefficient (Wildman–Crippen LogP) is 1.26. The molecule has 0 radical (unpaired) electrons. The molecule has 106 valence electrons. The van der Waals surface area contributed by atoms with Gasteiger partial charge in [-0.3, -0.25) is 9.48 Å². The number of carbonyl (C=O) groups is 1. The first kappa shape index (κ1) is 14.1. The van der Waals surface area contributed by atoms with Crippen molar-refractivity contribution in [2.75, 3.05) is 6.54 Å². The van der Waals surface area contributed by atoms with Crippen molar-refractivity contribution in [1.29, 1.82) is 0 Å². The Balaban J connectivity index is 1.88. The van der Waals surface area contributed by atoms with E-state index in [9.17, 15) is 9.90 Å². The van der Waals surface area contributed by atoms with Gasteiger partial charge in [0.15, 0.2) is 0 Å². The predicted molar refractivity (Wildman–Crippen MR) is 72.9 cm³/mol. The van der Waals surface area contributed by atoms with Gasteiger partial charge >= 0.3 is 0 Å². The second kappa shape index (κ2) is 6.19. The van der Waals surface area contributed by atoms with Gasteiger partial charge in [0.2, 0.25) is 0 Å². The fraction of sp³-hybridized carbons (Fsp3) is 0.714. The van der Waals surface area contributed by atoms with Gasteiger partial charge in [0.25, 0.3) is 5.91 Å². The maximum absolute atomic E-state index is 12.1. The molecule has 1 aliphatic carbocycles. The zero-order valence-corrected chi connectivity index (χ0v) is 11.7. The van der Waals surface area contributed by atoms with Gasteiger partial charge in [-0.25, -0.2) is 0 Å². The first-order valence-corrected chi connectivity index (χ1v) is 7.09. The molecule has 1 heterocycles. The van der Waals surface area contributed by atoms with Crippen molar-refractivity contribution in [3.63, 3.8) is 0 Å². The fourth-order valence-corrected chi connectivity index (χ4v) is 2.69. The van der Waals surface area contributed by atoms with E-state index in [0.29, 0.717) is 18.2 Å². The van der Waals surface area contributed by atoms with Crippen molar-refractivity contribution in [3.8, 4) is 0 Å². The van der Waals surface area contributed by atoms with Crippen LogP contribution in [0.25, 0.3) is 0 Å². The highest BCUT2D eigenvalue weighted by Gasteiger charge is 2.21. The van der Waals surface area contributed by atoms with E-state index >= 15 is 0 Å². The van der Waals surface area contributed by atoms with Crippen LogP contribution in [0.2, 0.25) is 0 Å². The maximum Gasteiger partial charge on any atom is 0.269 e. The summed E-state index contributed by atoms with van der Waals surface area (Å²) >= 11 is 0. The van der Waals surface area contributed by atoms with Crippen molar-refractivity contribution in [2.24, 2.45) is 13.0 Å². The summed E-state index contributed by atoms with van der Waals surface area (Å²) in [6, 6.07) is 1.84. The number of aromatic nitrogens is 2. The van der Waals surface area contributed by atoms with Crippen LogP contribution < -0.4 is 5.32 Å². The Labute approximate surface area is 114 Å². The zero-order valence-electron chi connectivity index (χ0n) is 11.7. The standard InChI is InChI=1S/C14H23N3O2/c1-3-11-8-13(17(2)16-11)14(19)15-9-10-5-4-6-12(18)7-10/h8,10,12,18H,3-7,9H2,1-2H3,(H,15,19). The Bertz CT molecular complexity index is 442.